The lowest BCUT2D eigenvalue weighted by Gasteiger charge is -2.24. The molecular formula is C29H25N5O2. The van der Waals surface area contributed by atoms with Crippen LogP contribution in [0.2, 0.25) is 0 Å². The molecule has 5 rings (SSSR count). The first-order valence-electron chi connectivity index (χ1n) is 11.6. The summed E-state index contributed by atoms with van der Waals surface area (Å²) in [4.78, 5) is 16.1. The maximum atomic E-state index is 12.1. The van der Waals surface area contributed by atoms with Gasteiger partial charge in [0.25, 0.3) is 5.91 Å². The third kappa shape index (κ3) is 5.15. The van der Waals surface area contributed by atoms with Crippen LogP contribution >= 0.6 is 0 Å². The van der Waals surface area contributed by atoms with Gasteiger partial charge in [0.2, 0.25) is 0 Å². The zero-order valence-electron chi connectivity index (χ0n) is 19.8. The molecular weight excluding hydrogens is 450 g/mol. The number of nitrogens with one attached hydrogen (secondary N) is 1. The summed E-state index contributed by atoms with van der Waals surface area (Å²) in [6, 6.07) is 29.7. The Morgan fingerprint density at radius 3 is 2.39 bits per heavy atom. The lowest BCUT2D eigenvalue weighted by molar-refractivity contribution is 0.0955. The molecule has 36 heavy (non-hydrogen) atoms. The van der Waals surface area contributed by atoms with E-state index >= 15 is 0 Å². The number of benzene rings is 3. The van der Waals surface area contributed by atoms with Gasteiger partial charge in [-0.25, -0.2) is 5.43 Å². The van der Waals surface area contributed by atoms with Crippen molar-refractivity contribution in [3.05, 3.63) is 126 Å². The average Bonchev–Trinajstić information content (AvgIpc) is 3.40. The van der Waals surface area contributed by atoms with Gasteiger partial charge in [-0.15, -0.1) is 0 Å². The highest BCUT2D eigenvalue weighted by Gasteiger charge is 2.29. The molecule has 1 amide bonds. The fraction of sp³-hybridized carbons (Fsp3) is 0.103. The SMILES string of the molecule is COc1ccc([C@@H]2CC(c3ccccc3)=NN2c2ccc(/C=N\NC(=O)c3ccncc3)cc2)cc1. The number of hydrazone groups is 2. The van der Waals surface area contributed by atoms with Crippen molar-refractivity contribution in [1.82, 2.24) is 10.4 Å². The summed E-state index contributed by atoms with van der Waals surface area (Å²) in [5.41, 5.74) is 8.20. The van der Waals surface area contributed by atoms with Crippen LogP contribution in [0.1, 0.15) is 39.5 Å². The molecule has 0 spiro atoms. The second kappa shape index (κ2) is 10.7. The Bertz CT molecular complexity index is 1370. The number of rotatable bonds is 7. The van der Waals surface area contributed by atoms with Gasteiger partial charge in [-0.1, -0.05) is 54.6 Å². The Kier molecular flexibility index (Phi) is 6.80. The van der Waals surface area contributed by atoms with Gasteiger partial charge < -0.3 is 4.74 Å². The van der Waals surface area contributed by atoms with Crippen LogP contribution in [0, 0.1) is 0 Å². The first kappa shape index (κ1) is 23.0. The average molecular weight is 476 g/mol. The molecule has 0 unspecified atom stereocenters. The summed E-state index contributed by atoms with van der Waals surface area (Å²) in [5.74, 6) is 0.541. The van der Waals surface area contributed by atoms with Gasteiger partial charge in [-0.2, -0.15) is 10.2 Å². The molecule has 1 aromatic heterocycles. The quantitative estimate of drug-likeness (QED) is 0.294. The predicted molar refractivity (Wildman–Crippen MR) is 142 cm³/mol. The molecule has 7 nitrogen and oxygen atoms in total. The van der Waals surface area contributed by atoms with Crippen molar-refractivity contribution in [2.24, 2.45) is 10.2 Å². The molecule has 1 N–H and O–H groups in total. The largest absolute Gasteiger partial charge is 0.497 e. The minimum atomic E-state index is -0.285. The number of carbonyl (C=O) groups excluding carboxylic acids is 1. The maximum Gasteiger partial charge on any atom is 0.271 e. The molecule has 4 aromatic rings. The fourth-order valence-corrected chi connectivity index (χ4v) is 4.09. The number of methoxy groups -OCH3 is 1. The van der Waals surface area contributed by atoms with Crippen molar-refractivity contribution in [1.29, 1.82) is 0 Å². The molecule has 1 aliphatic heterocycles. The molecule has 0 saturated heterocycles. The topological polar surface area (TPSA) is 79.2 Å². The number of hydrogen-bond donors (Lipinski definition) is 1. The lowest BCUT2D eigenvalue weighted by Crippen LogP contribution is -2.18. The van der Waals surface area contributed by atoms with E-state index in [0.29, 0.717) is 5.56 Å². The van der Waals surface area contributed by atoms with E-state index in [4.69, 9.17) is 9.84 Å². The summed E-state index contributed by atoms with van der Waals surface area (Å²) in [5, 5.41) is 11.1. The number of aromatic nitrogens is 1. The Morgan fingerprint density at radius 2 is 1.69 bits per heavy atom. The summed E-state index contributed by atoms with van der Waals surface area (Å²) >= 11 is 0. The van der Waals surface area contributed by atoms with E-state index in [9.17, 15) is 4.79 Å². The van der Waals surface area contributed by atoms with Gasteiger partial charge in [-0.3, -0.25) is 14.8 Å². The molecule has 0 radical (unpaired) electrons. The number of anilines is 1. The zero-order valence-corrected chi connectivity index (χ0v) is 19.8. The van der Waals surface area contributed by atoms with Gasteiger partial charge in [-0.05, 0) is 53.1 Å². The van der Waals surface area contributed by atoms with Gasteiger partial charge in [0.1, 0.15) is 5.75 Å². The van der Waals surface area contributed by atoms with Crippen LogP contribution in [0.5, 0.6) is 5.75 Å². The number of hydrogen-bond acceptors (Lipinski definition) is 6. The van der Waals surface area contributed by atoms with Crippen LogP contribution in [0.3, 0.4) is 0 Å². The van der Waals surface area contributed by atoms with Crippen molar-refractivity contribution < 1.29 is 9.53 Å². The molecule has 7 heteroatoms. The second-order valence-electron chi connectivity index (χ2n) is 8.28. The van der Waals surface area contributed by atoms with Crippen molar-refractivity contribution in [2.75, 3.05) is 12.1 Å². The lowest BCUT2D eigenvalue weighted by atomic mass is 9.98. The van der Waals surface area contributed by atoms with Gasteiger partial charge in [0.15, 0.2) is 0 Å². The molecule has 0 bridgehead atoms. The van der Waals surface area contributed by atoms with E-state index in [-0.39, 0.29) is 11.9 Å². The zero-order chi connectivity index (χ0) is 24.7. The Labute approximate surface area is 209 Å². The van der Waals surface area contributed by atoms with E-state index in [0.717, 1.165) is 40.3 Å². The van der Waals surface area contributed by atoms with E-state index in [1.165, 1.54) is 0 Å². The predicted octanol–water partition coefficient (Wildman–Crippen LogP) is 5.21. The van der Waals surface area contributed by atoms with Crippen LogP contribution in [-0.2, 0) is 0 Å². The van der Waals surface area contributed by atoms with Crippen LogP contribution in [0.25, 0.3) is 0 Å². The van der Waals surface area contributed by atoms with Crippen LogP contribution in [0.4, 0.5) is 5.69 Å². The smallest absolute Gasteiger partial charge is 0.271 e. The van der Waals surface area contributed by atoms with Crippen LogP contribution in [0.15, 0.2) is 114 Å². The van der Waals surface area contributed by atoms with E-state index in [1.54, 1.807) is 37.9 Å². The first-order valence-corrected chi connectivity index (χ1v) is 11.6. The minimum Gasteiger partial charge on any atom is -0.497 e. The van der Waals surface area contributed by atoms with Gasteiger partial charge >= 0.3 is 0 Å². The molecule has 178 valence electrons. The van der Waals surface area contributed by atoms with Crippen molar-refractivity contribution in [3.63, 3.8) is 0 Å². The number of ether oxygens (including phenoxy) is 1. The Hall–Kier alpha value is -4.78. The molecule has 0 saturated carbocycles. The van der Waals surface area contributed by atoms with E-state index in [1.807, 2.05) is 54.6 Å². The Balaban J connectivity index is 1.35. The molecule has 0 aliphatic carbocycles. The third-order valence-electron chi connectivity index (χ3n) is 6.00. The summed E-state index contributed by atoms with van der Waals surface area (Å²) in [6.45, 7) is 0. The Morgan fingerprint density at radius 1 is 0.972 bits per heavy atom. The van der Waals surface area contributed by atoms with Gasteiger partial charge in [0.05, 0.1) is 30.8 Å². The molecule has 1 aliphatic rings. The normalized spacial score (nSPS) is 15.1. The number of pyridine rings is 1. The number of amides is 1. The second-order valence-corrected chi connectivity index (χ2v) is 8.28. The maximum absolute atomic E-state index is 12.1. The van der Waals surface area contributed by atoms with E-state index in [2.05, 4.69) is 44.8 Å². The summed E-state index contributed by atoms with van der Waals surface area (Å²) in [6.07, 6.45) is 5.55. The monoisotopic (exact) mass is 475 g/mol. The van der Waals surface area contributed by atoms with Crippen LogP contribution < -0.4 is 15.2 Å². The highest BCUT2D eigenvalue weighted by Crippen LogP contribution is 2.37. The number of carbonyl (C=O) groups is 1. The summed E-state index contributed by atoms with van der Waals surface area (Å²) < 4.78 is 5.34. The van der Waals surface area contributed by atoms with Crippen molar-refractivity contribution in [3.8, 4) is 5.75 Å². The number of nitrogens with zero attached hydrogens (tertiary/aromatic N) is 4. The highest BCUT2D eigenvalue weighted by molar-refractivity contribution is 6.03. The summed E-state index contributed by atoms with van der Waals surface area (Å²) in [7, 11) is 1.67. The highest BCUT2D eigenvalue weighted by atomic mass is 16.5. The van der Waals surface area contributed by atoms with Crippen molar-refractivity contribution >= 4 is 23.5 Å². The van der Waals surface area contributed by atoms with Crippen LogP contribution in [-0.4, -0.2) is 29.9 Å². The third-order valence-corrected chi connectivity index (χ3v) is 6.00. The van der Waals surface area contributed by atoms with Gasteiger partial charge in [0, 0.05) is 24.4 Å². The molecule has 2 heterocycles. The molecule has 3 aromatic carbocycles. The standard InChI is InChI=1S/C29H25N5O2/c1-36-26-13-9-23(10-14-26)28-19-27(22-5-3-2-4-6-22)33-34(28)25-11-7-21(8-12-25)20-31-32-29(35)24-15-17-30-18-16-24/h2-18,20,28H,19H2,1H3,(H,32,35)/b31-20-/t28-/m0/s1. The molecule has 0 fully saturated rings. The van der Waals surface area contributed by atoms with Crippen molar-refractivity contribution in [2.45, 2.75) is 12.5 Å². The van der Waals surface area contributed by atoms with E-state index < -0.39 is 0 Å². The minimum absolute atomic E-state index is 0.0604. The first-order chi connectivity index (χ1) is 17.7. The molecule has 1 atom stereocenters. The fourth-order valence-electron chi connectivity index (χ4n) is 4.09.